The quantitative estimate of drug-likeness (QED) is 0.480. The van der Waals surface area contributed by atoms with E-state index in [-0.39, 0.29) is 24.7 Å². The molecule has 0 bridgehead atoms. The molecule has 1 aliphatic carbocycles. The molecule has 0 unspecified atom stereocenters. The van der Waals surface area contributed by atoms with Gasteiger partial charge in [0.05, 0.1) is 16.3 Å². The van der Waals surface area contributed by atoms with Crippen molar-refractivity contribution in [2.45, 2.75) is 35.7 Å². The number of aryl methyl sites for hydroxylation is 2. The molecule has 0 spiro atoms. The summed E-state index contributed by atoms with van der Waals surface area (Å²) in [5.74, 6) is 0.128. The first-order valence-electron chi connectivity index (χ1n) is 11.4. The number of fused-ring (bicyclic) bond motifs is 1. The second-order valence-corrected chi connectivity index (χ2v) is 11.3. The first-order chi connectivity index (χ1) is 16.5. The lowest BCUT2D eigenvalue weighted by atomic mass is 9.92. The van der Waals surface area contributed by atoms with E-state index in [1.54, 1.807) is 15.6 Å². The smallest absolute Gasteiger partial charge is 0.243 e. The summed E-state index contributed by atoms with van der Waals surface area (Å²) in [6, 6.07) is 15.0. The van der Waals surface area contributed by atoms with Crippen molar-refractivity contribution in [2.75, 3.05) is 31.9 Å². The van der Waals surface area contributed by atoms with Crippen LogP contribution < -0.4 is 0 Å². The third-order valence-electron chi connectivity index (χ3n) is 6.32. The standard InChI is InChI=1S/C23H26N6O3S2/c30-22(17-33-23-24-25-26-29(23)20-8-2-1-3-9-20)27-12-14-28(15-13-27)34(31,32)21-11-10-18-6-4-5-7-19(18)16-21/h1-3,8-11,16H,4-7,12-15,17H2. The van der Waals surface area contributed by atoms with Gasteiger partial charge >= 0.3 is 0 Å². The molecule has 178 valence electrons. The van der Waals surface area contributed by atoms with Gasteiger partial charge in [0.2, 0.25) is 21.1 Å². The summed E-state index contributed by atoms with van der Waals surface area (Å²) in [7, 11) is -3.57. The molecule has 3 aromatic rings. The Bertz CT molecular complexity index is 1270. The highest BCUT2D eigenvalue weighted by Gasteiger charge is 2.31. The molecule has 0 saturated carbocycles. The number of amides is 1. The second-order valence-electron chi connectivity index (χ2n) is 8.42. The van der Waals surface area contributed by atoms with Gasteiger partial charge in [-0.2, -0.15) is 8.99 Å². The van der Waals surface area contributed by atoms with Gasteiger partial charge in [0.15, 0.2) is 0 Å². The molecule has 0 N–H and O–H groups in total. The minimum absolute atomic E-state index is 0.0570. The molecule has 2 heterocycles. The third-order valence-corrected chi connectivity index (χ3v) is 9.11. The number of para-hydroxylation sites is 1. The molecule has 1 amide bonds. The number of sulfonamides is 1. The minimum Gasteiger partial charge on any atom is -0.339 e. The van der Waals surface area contributed by atoms with Crippen molar-refractivity contribution >= 4 is 27.7 Å². The molecule has 1 saturated heterocycles. The lowest BCUT2D eigenvalue weighted by molar-refractivity contribution is -0.129. The van der Waals surface area contributed by atoms with Crippen LogP contribution in [0.3, 0.4) is 0 Å². The van der Waals surface area contributed by atoms with E-state index in [1.165, 1.54) is 21.6 Å². The van der Waals surface area contributed by atoms with Crippen molar-refractivity contribution in [2.24, 2.45) is 0 Å². The number of piperazine rings is 1. The third kappa shape index (κ3) is 4.73. The van der Waals surface area contributed by atoms with Crippen LogP contribution in [0.5, 0.6) is 0 Å². The molecule has 1 aromatic heterocycles. The maximum atomic E-state index is 13.2. The number of thioether (sulfide) groups is 1. The maximum absolute atomic E-state index is 13.2. The number of benzene rings is 2. The Hall–Kier alpha value is -2.76. The highest BCUT2D eigenvalue weighted by Crippen LogP contribution is 2.26. The fraction of sp³-hybridized carbons (Fsp3) is 0.391. The van der Waals surface area contributed by atoms with E-state index >= 15 is 0 Å². The van der Waals surface area contributed by atoms with Gasteiger partial charge in [-0.05, 0) is 71.5 Å². The Kier molecular flexibility index (Phi) is 6.66. The van der Waals surface area contributed by atoms with E-state index in [2.05, 4.69) is 15.5 Å². The summed E-state index contributed by atoms with van der Waals surface area (Å²) in [5.41, 5.74) is 3.23. The van der Waals surface area contributed by atoms with Gasteiger partial charge in [0.1, 0.15) is 0 Å². The number of nitrogens with zero attached hydrogens (tertiary/aromatic N) is 6. The Morgan fingerprint density at radius 1 is 0.941 bits per heavy atom. The van der Waals surface area contributed by atoms with Gasteiger partial charge in [0, 0.05) is 26.2 Å². The molecule has 5 rings (SSSR count). The molecular formula is C23H26N6O3S2. The molecular weight excluding hydrogens is 472 g/mol. The molecule has 9 nitrogen and oxygen atoms in total. The van der Waals surface area contributed by atoms with E-state index in [4.69, 9.17) is 0 Å². The van der Waals surface area contributed by atoms with Crippen LogP contribution in [0.4, 0.5) is 0 Å². The number of aromatic nitrogens is 4. The van der Waals surface area contributed by atoms with Crippen molar-refractivity contribution < 1.29 is 13.2 Å². The molecule has 2 aliphatic rings. The maximum Gasteiger partial charge on any atom is 0.243 e. The average molecular weight is 499 g/mol. The Morgan fingerprint density at radius 2 is 1.68 bits per heavy atom. The predicted octanol–water partition coefficient (Wildman–Crippen LogP) is 2.17. The molecule has 11 heteroatoms. The van der Waals surface area contributed by atoms with Crippen LogP contribution >= 0.6 is 11.8 Å². The fourth-order valence-corrected chi connectivity index (χ4v) is 6.68. The zero-order valence-corrected chi connectivity index (χ0v) is 20.3. The molecule has 0 radical (unpaired) electrons. The molecule has 0 atom stereocenters. The Labute approximate surface area is 203 Å². The fourth-order valence-electron chi connectivity index (χ4n) is 4.41. The number of hydrogen-bond donors (Lipinski definition) is 0. The summed E-state index contributed by atoms with van der Waals surface area (Å²) >= 11 is 1.27. The molecule has 1 fully saturated rings. The largest absolute Gasteiger partial charge is 0.339 e. The Morgan fingerprint density at radius 3 is 2.44 bits per heavy atom. The number of carbonyl (C=O) groups is 1. The van der Waals surface area contributed by atoms with Gasteiger partial charge in [-0.3, -0.25) is 4.79 Å². The SMILES string of the molecule is O=C(CSc1nnnn1-c1ccccc1)N1CCN(S(=O)(=O)c2ccc3c(c2)CCCC3)CC1. The summed E-state index contributed by atoms with van der Waals surface area (Å²) in [5, 5.41) is 12.3. The summed E-state index contributed by atoms with van der Waals surface area (Å²) < 4.78 is 29.5. The summed E-state index contributed by atoms with van der Waals surface area (Å²) in [6.07, 6.45) is 4.22. The molecule has 2 aromatic carbocycles. The lowest BCUT2D eigenvalue weighted by Crippen LogP contribution is -2.51. The number of rotatable bonds is 6. The van der Waals surface area contributed by atoms with Gasteiger partial charge < -0.3 is 4.90 Å². The highest BCUT2D eigenvalue weighted by atomic mass is 32.2. The van der Waals surface area contributed by atoms with Crippen molar-refractivity contribution in [1.29, 1.82) is 0 Å². The van der Waals surface area contributed by atoms with E-state index < -0.39 is 10.0 Å². The molecule has 34 heavy (non-hydrogen) atoms. The van der Waals surface area contributed by atoms with Crippen LogP contribution in [-0.2, 0) is 27.7 Å². The lowest BCUT2D eigenvalue weighted by Gasteiger charge is -2.34. The first-order valence-corrected chi connectivity index (χ1v) is 13.8. The Balaban J connectivity index is 1.18. The number of hydrogen-bond acceptors (Lipinski definition) is 7. The van der Waals surface area contributed by atoms with Gasteiger partial charge in [-0.1, -0.05) is 36.0 Å². The van der Waals surface area contributed by atoms with Crippen molar-refractivity contribution in [3.8, 4) is 5.69 Å². The van der Waals surface area contributed by atoms with Crippen LogP contribution in [0.25, 0.3) is 5.69 Å². The second kappa shape index (κ2) is 9.85. The predicted molar refractivity (Wildman–Crippen MR) is 128 cm³/mol. The van der Waals surface area contributed by atoms with Crippen molar-refractivity contribution in [3.05, 3.63) is 59.7 Å². The van der Waals surface area contributed by atoms with Gasteiger partial charge in [-0.25, -0.2) is 8.42 Å². The average Bonchev–Trinajstić information content (AvgIpc) is 3.36. The van der Waals surface area contributed by atoms with Crippen LogP contribution in [0.1, 0.15) is 24.0 Å². The van der Waals surface area contributed by atoms with Gasteiger partial charge in [-0.15, -0.1) is 5.10 Å². The van der Waals surface area contributed by atoms with Gasteiger partial charge in [0.25, 0.3) is 0 Å². The zero-order chi connectivity index (χ0) is 23.5. The van der Waals surface area contributed by atoms with Crippen LogP contribution in [0, 0.1) is 0 Å². The monoisotopic (exact) mass is 498 g/mol. The minimum atomic E-state index is -3.57. The van der Waals surface area contributed by atoms with Crippen molar-refractivity contribution in [1.82, 2.24) is 29.4 Å². The number of tetrazole rings is 1. The van der Waals surface area contributed by atoms with E-state index in [0.717, 1.165) is 36.9 Å². The summed E-state index contributed by atoms with van der Waals surface area (Å²) in [4.78, 5) is 14.9. The summed E-state index contributed by atoms with van der Waals surface area (Å²) in [6.45, 7) is 1.32. The zero-order valence-electron chi connectivity index (χ0n) is 18.7. The van der Waals surface area contributed by atoms with Crippen LogP contribution in [0.15, 0.2) is 58.6 Å². The highest BCUT2D eigenvalue weighted by molar-refractivity contribution is 7.99. The van der Waals surface area contributed by atoms with E-state index in [0.29, 0.717) is 23.1 Å². The topological polar surface area (TPSA) is 101 Å². The van der Waals surface area contributed by atoms with Crippen LogP contribution in [-0.4, -0.2) is 75.7 Å². The normalized spacial score (nSPS) is 16.9. The molecule has 1 aliphatic heterocycles. The van der Waals surface area contributed by atoms with E-state index in [9.17, 15) is 13.2 Å². The van der Waals surface area contributed by atoms with E-state index in [1.807, 2.05) is 42.5 Å². The van der Waals surface area contributed by atoms with Crippen LogP contribution in [0.2, 0.25) is 0 Å². The van der Waals surface area contributed by atoms with Crippen molar-refractivity contribution in [3.63, 3.8) is 0 Å². The number of carbonyl (C=O) groups excluding carboxylic acids is 1. The first kappa shape index (κ1) is 23.0.